The van der Waals surface area contributed by atoms with Gasteiger partial charge in [-0.3, -0.25) is 0 Å². The second kappa shape index (κ2) is 4.21. The van der Waals surface area contributed by atoms with Gasteiger partial charge in [-0.1, -0.05) is 17.7 Å². The van der Waals surface area contributed by atoms with E-state index in [1.807, 2.05) is 16.5 Å². The summed E-state index contributed by atoms with van der Waals surface area (Å²) in [6.07, 6.45) is 3.86. The minimum atomic E-state index is 0.571. The van der Waals surface area contributed by atoms with E-state index in [-0.39, 0.29) is 0 Å². The number of hydrogen-bond acceptors (Lipinski definition) is 2. The van der Waals surface area contributed by atoms with Gasteiger partial charge < -0.3 is 10.1 Å². The summed E-state index contributed by atoms with van der Waals surface area (Å²) >= 11 is 6.05. The van der Waals surface area contributed by atoms with Gasteiger partial charge in [0.25, 0.3) is 0 Å². The van der Waals surface area contributed by atoms with Gasteiger partial charge in [-0.25, -0.2) is 4.98 Å². The molecule has 0 amide bonds. The maximum absolute atomic E-state index is 6.05. The van der Waals surface area contributed by atoms with Gasteiger partial charge in [-0.2, -0.15) is 0 Å². The molecule has 0 aromatic carbocycles. The third-order valence-corrected chi connectivity index (χ3v) is 2.70. The molecule has 3 nitrogen and oxygen atoms in total. The Morgan fingerprint density at radius 3 is 3.00 bits per heavy atom. The molecule has 15 heavy (non-hydrogen) atoms. The van der Waals surface area contributed by atoms with Crippen LogP contribution in [0.15, 0.2) is 18.3 Å². The van der Waals surface area contributed by atoms with Crippen molar-refractivity contribution in [2.24, 2.45) is 5.73 Å². The first kappa shape index (κ1) is 10.5. The zero-order valence-electron chi connectivity index (χ0n) is 8.70. The average Bonchev–Trinajstić information content (AvgIpc) is 2.52. The first-order chi connectivity index (χ1) is 7.22. The molecule has 0 unspecified atom stereocenters. The van der Waals surface area contributed by atoms with Gasteiger partial charge in [-0.05, 0) is 31.5 Å². The Bertz CT molecular complexity index is 476. The fraction of sp³-hybridized carbons (Fsp3) is 0.364. The van der Waals surface area contributed by atoms with Gasteiger partial charge in [0.2, 0.25) is 0 Å². The number of rotatable bonds is 3. The predicted octanol–water partition coefficient (Wildman–Crippen LogP) is 2.19. The molecule has 80 valence electrons. The van der Waals surface area contributed by atoms with Crippen LogP contribution >= 0.6 is 11.6 Å². The van der Waals surface area contributed by atoms with E-state index in [1.54, 1.807) is 0 Å². The van der Waals surface area contributed by atoms with Crippen LogP contribution in [-0.4, -0.2) is 15.9 Å². The third-order valence-electron chi connectivity index (χ3n) is 2.42. The molecule has 0 saturated heterocycles. The van der Waals surface area contributed by atoms with Crippen molar-refractivity contribution in [3.8, 4) is 0 Å². The van der Waals surface area contributed by atoms with Crippen molar-refractivity contribution < 1.29 is 0 Å². The molecule has 2 rings (SSSR count). The van der Waals surface area contributed by atoms with Crippen LogP contribution in [0.1, 0.15) is 17.8 Å². The number of halogens is 1. The lowest BCUT2D eigenvalue weighted by Gasteiger charge is -2.01. The lowest BCUT2D eigenvalue weighted by molar-refractivity contribution is 0.777. The van der Waals surface area contributed by atoms with Gasteiger partial charge in [0.05, 0.1) is 5.52 Å². The average molecular weight is 224 g/mol. The van der Waals surface area contributed by atoms with Crippen LogP contribution in [0.3, 0.4) is 0 Å². The van der Waals surface area contributed by atoms with Crippen LogP contribution in [0, 0.1) is 6.92 Å². The smallest absolute Gasteiger partial charge is 0.155 e. The van der Waals surface area contributed by atoms with Crippen LogP contribution in [0.5, 0.6) is 0 Å². The summed E-state index contributed by atoms with van der Waals surface area (Å²) in [6.45, 7) is 2.73. The molecule has 0 spiro atoms. The molecular weight excluding hydrogens is 210 g/mol. The monoisotopic (exact) mass is 223 g/mol. The highest BCUT2D eigenvalue weighted by molar-refractivity contribution is 6.32. The molecule has 0 aliphatic carbocycles. The lowest BCUT2D eigenvalue weighted by atomic mass is 10.3. The Balaban J connectivity index is 2.49. The predicted molar refractivity (Wildman–Crippen MR) is 62.3 cm³/mol. The van der Waals surface area contributed by atoms with E-state index in [0.29, 0.717) is 11.7 Å². The topological polar surface area (TPSA) is 43.3 Å². The van der Waals surface area contributed by atoms with E-state index in [1.165, 1.54) is 5.56 Å². The first-order valence-electron chi connectivity index (χ1n) is 5.05. The van der Waals surface area contributed by atoms with Crippen molar-refractivity contribution in [3.05, 3.63) is 34.9 Å². The number of hydrogen-bond donors (Lipinski definition) is 1. The molecule has 0 saturated carbocycles. The van der Waals surface area contributed by atoms with Crippen LogP contribution in [0.25, 0.3) is 5.52 Å². The van der Waals surface area contributed by atoms with Gasteiger partial charge in [0, 0.05) is 12.6 Å². The zero-order chi connectivity index (χ0) is 10.8. The summed E-state index contributed by atoms with van der Waals surface area (Å²) in [5.74, 6) is 0.990. The minimum absolute atomic E-state index is 0.571. The normalized spacial score (nSPS) is 11.1. The molecule has 0 bridgehead atoms. The first-order valence-corrected chi connectivity index (χ1v) is 5.43. The minimum Gasteiger partial charge on any atom is -0.330 e. The molecule has 4 heteroatoms. The molecule has 2 aromatic rings. The van der Waals surface area contributed by atoms with Gasteiger partial charge in [-0.15, -0.1) is 0 Å². The van der Waals surface area contributed by atoms with E-state index >= 15 is 0 Å². The van der Waals surface area contributed by atoms with Crippen molar-refractivity contribution in [2.45, 2.75) is 19.8 Å². The Kier molecular flexibility index (Phi) is 2.93. The quantitative estimate of drug-likeness (QED) is 0.867. The van der Waals surface area contributed by atoms with Gasteiger partial charge >= 0.3 is 0 Å². The van der Waals surface area contributed by atoms with Gasteiger partial charge in [0.15, 0.2) is 5.15 Å². The third kappa shape index (κ3) is 1.98. The van der Waals surface area contributed by atoms with E-state index in [2.05, 4.69) is 18.1 Å². The molecule has 0 atom stereocenters. The molecule has 0 aliphatic rings. The van der Waals surface area contributed by atoms with E-state index in [4.69, 9.17) is 17.3 Å². The standard InChI is InChI=1S/C11H14ClN3/c1-8-4-5-9-11(12)14-10(3-2-6-13)15(9)7-8/h4-5,7H,2-3,6,13H2,1H3. The summed E-state index contributed by atoms with van der Waals surface area (Å²) in [6, 6.07) is 4.03. The Morgan fingerprint density at radius 2 is 2.27 bits per heavy atom. The molecular formula is C11H14ClN3. The van der Waals surface area contributed by atoms with Crippen LogP contribution < -0.4 is 5.73 Å². The van der Waals surface area contributed by atoms with Crippen molar-refractivity contribution in [1.82, 2.24) is 9.38 Å². The molecule has 2 aromatic heterocycles. The number of pyridine rings is 1. The highest BCUT2D eigenvalue weighted by Gasteiger charge is 2.08. The number of nitrogens with two attached hydrogens (primary N) is 1. The Hall–Kier alpha value is -1.06. The Labute approximate surface area is 93.9 Å². The Morgan fingerprint density at radius 1 is 1.47 bits per heavy atom. The second-order valence-electron chi connectivity index (χ2n) is 3.67. The van der Waals surface area contributed by atoms with Crippen molar-refractivity contribution in [3.63, 3.8) is 0 Å². The lowest BCUT2D eigenvalue weighted by Crippen LogP contribution is -2.03. The summed E-state index contributed by atoms with van der Waals surface area (Å²) in [5, 5.41) is 0.571. The summed E-state index contributed by atoms with van der Waals surface area (Å²) in [4.78, 5) is 4.34. The maximum atomic E-state index is 6.05. The highest BCUT2D eigenvalue weighted by atomic mass is 35.5. The fourth-order valence-corrected chi connectivity index (χ4v) is 1.90. The molecule has 0 radical (unpaired) electrons. The number of aromatic nitrogens is 2. The van der Waals surface area contributed by atoms with Crippen LogP contribution in [0.4, 0.5) is 0 Å². The fourth-order valence-electron chi connectivity index (χ4n) is 1.65. The van der Waals surface area contributed by atoms with Crippen molar-refractivity contribution in [2.75, 3.05) is 6.54 Å². The molecule has 0 aliphatic heterocycles. The molecule has 2 heterocycles. The van der Waals surface area contributed by atoms with E-state index in [9.17, 15) is 0 Å². The number of aryl methyl sites for hydroxylation is 2. The number of fused-ring (bicyclic) bond motifs is 1. The van der Waals surface area contributed by atoms with Crippen LogP contribution in [-0.2, 0) is 6.42 Å². The maximum Gasteiger partial charge on any atom is 0.155 e. The van der Waals surface area contributed by atoms with E-state index < -0.39 is 0 Å². The summed E-state index contributed by atoms with van der Waals surface area (Å²) in [5.41, 5.74) is 7.65. The second-order valence-corrected chi connectivity index (χ2v) is 4.03. The van der Waals surface area contributed by atoms with Gasteiger partial charge in [0.1, 0.15) is 5.82 Å². The summed E-state index contributed by atoms with van der Waals surface area (Å²) in [7, 11) is 0. The van der Waals surface area contributed by atoms with Crippen molar-refractivity contribution in [1.29, 1.82) is 0 Å². The SMILES string of the molecule is Cc1ccc2c(Cl)nc(CCCN)n2c1. The van der Waals surface area contributed by atoms with E-state index in [0.717, 1.165) is 24.2 Å². The molecule has 0 fully saturated rings. The largest absolute Gasteiger partial charge is 0.330 e. The molecule has 2 N–H and O–H groups in total. The zero-order valence-corrected chi connectivity index (χ0v) is 9.46. The number of imidazole rings is 1. The summed E-state index contributed by atoms with van der Waals surface area (Å²) < 4.78 is 2.05. The number of nitrogens with zero attached hydrogens (tertiary/aromatic N) is 2. The van der Waals surface area contributed by atoms with Crippen molar-refractivity contribution >= 4 is 17.1 Å². The van der Waals surface area contributed by atoms with Crippen LogP contribution in [0.2, 0.25) is 5.15 Å². The highest BCUT2D eigenvalue weighted by Crippen LogP contribution is 2.19.